The largest absolute Gasteiger partial charge is 0.465 e. The van der Waals surface area contributed by atoms with E-state index in [1.54, 1.807) is 6.07 Å². The summed E-state index contributed by atoms with van der Waals surface area (Å²) >= 11 is 0. The van der Waals surface area contributed by atoms with E-state index in [1.165, 1.54) is 13.2 Å². The van der Waals surface area contributed by atoms with E-state index in [9.17, 15) is 4.79 Å². The van der Waals surface area contributed by atoms with E-state index in [0.29, 0.717) is 0 Å². The fraction of sp³-hybridized carbons (Fsp3) is 0.273. The van der Waals surface area contributed by atoms with Gasteiger partial charge in [-0.25, -0.2) is 4.79 Å². The second kappa shape index (κ2) is 4.47. The molecule has 15 heavy (non-hydrogen) atoms. The summed E-state index contributed by atoms with van der Waals surface area (Å²) in [4.78, 5) is 14.2. The molecule has 0 unspecified atom stereocenters. The highest BCUT2D eigenvalue weighted by Crippen LogP contribution is 2.13. The van der Waals surface area contributed by atoms with Gasteiger partial charge in [0.2, 0.25) is 0 Å². The van der Waals surface area contributed by atoms with Gasteiger partial charge in [-0.2, -0.15) is 5.26 Å². The Kier molecular flexibility index (Phi) is 3.29. The number of aromatic amines is 1. The molecule has 0 aliphatic heterocycles. The number of aryl methyl sites for hydroxylation is 2. The molecular formula is C11H12N2O2. The molecule has 0 spiro atoms. The van der Waals surface area contributed by atoms with Crippen LogP contribution in [0.3, 0.4) is 0 Å². The molecule has 0 aromatic carbocycles. The van der Waals surface area contributed by atoms with E-state index >= 15 is 0 Å². The van der Waals surface area contributed by atoms with E-state index in [1.807, 2.05) is 19.9 Å². The maximum absolute atomic E-state index is 11.1. The van der Waals surface area contributed by atoms with Gasteiger partial charge in [0, 0.05) is 11.4 Å². The second-order valence-corrected chi connectivity index (χ2v) is 3.21. The summed E-state index contributed by atoms with van der Waals surface area (Å²) in [5, 5.41) is 8.75. The molecule has 1 N–H and O–H groups in total. The number of aromatic nitrogens is 1. The van der Waals surface area contributed by atoms with E-state index < -0.39 is 5.97 Å². The fourth-order valence-electron chi connectivity index (χ4n) is 1.29. The predicted octanol–water partition coefficient (Wildman–Crippen LogP) is 1.71. The van der Waals surface area contributed by atoms with Gasteiger partial charge in [0.05, 0.1) is 7.11 Å². The monoisotopic (exact) mass is 204 g/mol. The molecular weight excluding hydrogens is 192 g/mol. The number of ether oxygens (including phenoxy) is 1. The quantitative estimate of drug-likeness (QED) is 0.453. The summed E-state index contributed by atoms with van der Waals surface area (Å²) in [6.45, 7) is 3.82. The number of nitriles is 1. The Morgan fingerprint density at radius 3 is 2.67 bits per heavy atom. The number of hydrogen-bond donors (Lipinski definition) is 1. The van der Waals surface area contributed by atoms with Gasteiger partial charge in [0.25, 0.3) is 0 Å². The maximum Gasteiger partial charge on any atom is 0.348 e. The zero-order chi connectivity index (χ0) is 11.4. The molecule has 0 saturated heterocycles. The number of nitrogens with zero attached hydrogens (tertiary/aromatic N) is 1. The van der Waals surface area contributed by atoms with Gasteiger partial charge in [-0.15, -0.1) is 0 Å². The van der Waals surface area contributed by atoms with Gasteiger partial charge in [0.1, 0.15) is 11.6 Å². The lowest BCUT2D eigenvalue weighted by molar-refractivity contribution is -0.135. The molecule has 1 heterocycles. The van der Waals surface area contributed by atoms with Crippen LogP contribution in [0.4, 0.5) is 0 Å². The Morgan fingerprint density at radius 1 is 1.60 bits per heavy atom. The minimum Gasteiger partial charge on any atom is -0.465 e. The first-order valence-electron chi connectivity index (χ1n) is 4.44. The number of H-pyrrole nitrogens is 1. The van der Waals surface area contributed by atoms with Gasteiger partial charge < -0.3 is 9.72 Å². The summed E-state index contributed by atoms with van der Waals surface area (Å²) in [6, 6.07) is 3.75. The summed E-state index contributed by atoms with van der Waals surface area (Å²) in [6.07, 6.45) is 1.49. The van der Waals surface area contributed by atoms with Crippen molar-refractivity contribution in [3.8, 4) is 6.07 Å². The average Bonchev–Trinajstić information content (AvgIpc) is 2.52. The van der Waals surface area contributed by atoms with Crippen LogP contribution in [0.2, 0.25) is 0 Å². The molecule has 0 saturated carbocycles. The predicted molar refractivity (Wildman–Crippen MR) is 55.9 cm³/mol. The van der Waals surface area contributed by atoms with Crippen LogP contribution in [0.15, 0.2) is 11.6 Å². The minimum absolute atomic E-state index is 0.0116. The molecule has 0 amide bonds. The molecule has 1 aromatic heterocycles. The standard InChI is InChI=1S/C11H12N2O2/c1-7-4-8(2)13-10(7)5-9(6-12)11(14)15-3/h4-5,13H,1-3H3/b9-5-. The van der Waals surface area contributed by atoms with Gasteiger partial charge in [-0.3, -0.25) is 0 Å². The second-order valence-electron chi connectivity index (χ2n) is 3.21. The van der Waals surface area contributed by atoms with Crippen molar-refractivity contribution < 1.29 is 9.53 Å². The first-order valence-corrected chi connectivity index (χ1v) is 4.44. The molecule has 0 bridgehead atoms. The zero-order valence-electron chi connectivity index (χ0n) is 8.92. The van der Waals surface area contributed by atoms with E-state index in [4.69, 9.17) is 5.26 Å². The lowest BCUT2D eigenvalue weighted by Crippen LogP contribution is -2.02. The Labute approximate surface area is 88.2 Å². The number of carbonyl (C=O) groups excluding carboxylic acids is 1. The fourth-order valence-corrected chi connectivity index (χ4v) is 1.29. The lowest BCUT2D eigenvalue weighted by Gasteiger charge is -1.96. The van der Waals surface area contributed by atoms with Crippen molar-refractivity contribution in [1.82, 2.24) is 4.98 Å². The Bertz CT molecular complexity index is 450. The molecule has 1 aromatic rings. The Hall–Kier alpha value is -2.02. The molecule has 0 aliphatic rings. The molecule has 1 rings (SSSR count). The highest BCUT2D eigenvalue weighted by atomic mass is 16.5. The molecule has 0 aliphatic carbocycles. The van der Waals surface area contributed by atoms with Crippen LogP contribution in [-0.4, -0.2) is 18.1 Å². The van der Waals surface area contributed by atoms with E-state index in [-0.39, 0.29) is 5.57 Å². The Balaban J connectivity index is 3.10. The van der Waals surface area contributed by atoms with Crippen LogP contribution < -0.4 is 0 Å². The smallest absolute Gasteiger partial charge is 0.348 e. The molecule has 4 heteroatoms. The van der Waals surface area contributed by atoms with E-state index in [0.717, 1.165) is 17.0 Å². The lowest BCUT2D eigenvalue weighted by atomic mass is 10.2. The maximum atomic E-state index is 11.1. The summed E-state index contributed by atoms with van der Waals surface area (Å²) < 4.78 is 4.48. The average molecular weight is 204 g/mol. The third-order valence-corrected chi connectivity index (χ3v) is 2.00. The third kappa shape index (κ3) is 2.47. The van der Waals surface area contributed by atoms with Gasteiger partial charge >= 0.3 is 5.97 Å². The Morgan fingerprint density at radius 2 is 2.27 bits per heavy atom. The highest BCUT2D eigenvalue weighted by molar-refractivity contribution is 5.97. The van der Waals surface area contributed by atoms with E-state index in [2.05, 4.69) is 9.72 Å². The summed E-state index contributed by atoms with van der Waals surface area (Å²) in [5.41, 5.74) is 2.72. The first kappa shape index (κ1) is 11.1. The molecule has 4 nitrogen and oxygen atoms in total. The van der Waals surface area contributed by atoms with Crippen LogP contribution in [0, 0.1) is 25.2 Å². The number of carbonyl (C=O) groups is 1. The molecule has 78 valence electrons. The van der Waals surface area contributed by atoms with Crippen molar-refractivity contribution in [2.24, 2.45) is 0 Å². The van der Waals surface area contributed by atoms with Crippen LogP contribution in [0.25, 0.3) is 6.08 Å². The zero-order valence-corrected chi connectivity index (χ0v) is 8.92. The SMILES string of the molecule is COC(=O)/C(C#N)=C\c1[nH]c(C)cc1C. The van der Waals surface area contributed by atoms with Crippen molar-refractivity contribution in [2.45, 2.75) is 13.8 Å². The van der Waals surface area contributed by atoms with Crippen molar-refractivity contribution in [2.75, 3.05) is 7.11 Å². The first-order chi connectivity index (χ1) is 7.08. The molecule has 0 atom stereocenters. The van der Waals surface area contributed by atoms with Crippen molar-refractivity contribution in [3.63, 3.8) is 0 Å². The van der Waals surface area contributed by atoms with Crippen LogP contribution in [0.1, 0.15) is 17.0 Å². The van der Waals surface area contributed by atoms with Crippen LogP contribution in [-0.2, 0) is 9.53 Å². The molecule has 0 radical (unpaired) electrons. The molecule has 0 fully saturated rings. The third-order valence-electron chi connectivity index (χ3n) is 2.00. The number of hydrogen-bond acceptors (Lipinski definition) is 3. The van der Waals surface area contributed by atoms with Gasteiger partial charge in [-0.05, 0) is 31.6 Å². The van der Waals surface area contributed by atoms with Crippen molar-refractivity contribution in [1.29, 1.82) is 5.26 Å². The number of esters is 1. The minimum atomic E-state index is -0.621. The van der Waals surface area contributed by atoms with Crippen molar-refractivity contribution in [3.05, 3.63) is 28.6 Å². The van der Waals surface area contributed by atoms with Crippen LogP contribution >= 0.6 is 0 Å². The van der Waals surface area contributed by atoms with Crippen molar-refractivity contribution >= 4 is 12.0 Å². The van der Waals surface area contributed by atoms with Gasteiger partial charge in [-0.1, -0.05) is 0 Å². The highest BCUT2D eigenvalue weighted by Gasteiger charge is 2.09. The number of methoxy groups -OCH3 is 1. The summed E-state index contributed by atoms with van der Waals surface area (Å²) in [7, 11) is 1.25. The topological polar surface area (TPSA) is 65.9 Å². The van der Waals surface area contributed by atoms with Crippen LogP contribution in [0.5, 0.6) is 0 Å². The van der Waals surface area contributed by atoms with Gasteiger partial charge in [0.15, 0.2) is 0 Å². The normalized spacial score (nSPS) is 10.9. The number of rotatable bonds is 2. The number of nitrogens with one attached hydrogen (secondary N) is 1. The summed E-state index contributed by atoms with van der Waals surface area (Å²) in [5.74, 6) is -0.621.